The van der Waals surface area contributed by atoms with E-state index in [1.807, 2.05) is 20.8 Å². The fourth-order valence-corrected chi connectivity index (χ4v) is 1.45. The Morgan fingerprint density at radius 3 is 1.93 bits per heavy atom. The molecule has 2 heteroatoms. The molecule has 0 N–H and O–H groups in total. The van der Waals surface area contributed by atoms with E-state index in [0.717, 1.165) is 0 Å². The lowest BCUT2D eigenvalue weighted by atomic mass is 9.86. The summed E-state index contributed by atoms with van der Waals surface area (Å²) < 4.78 is 27.3. The van der Waals surface area contributed by atoms with E-state index in [0.29, 0.717) is 0 Å². The summed E-state index contributed by atoms with van der Waals surface area (Å²) in [6.45, 7) is 5.47. The molecule has 78 valence electrons. The van der Waals surface area contributed by atoms with Crippen molar-refractivity contribution in [3.05, 3.63) is 35.9 Å². The molecule has 14 heavy (non-hydrogen) atoms. The molecule has 1 aromatic carbocycles. The first-order valence-electron chi connectivity index (χ1n) is 4.75. The summed E-state index contributed by atoms with van der Waals surface area (Å²) in [4.78, 5) is 0. The normalized spacial score (nSPS) is 12.9. The van der Waals surface area contributed by atoms with Crippen LogP contribution in [0.5, 0.6) is 0 Å². The van der Waals surface area contributed by atoms with Crippen molar-refractivity contribution in [3.63, 3.8) is 0 Å². The third-order valence-corrected chi connectivity index (χ3v) is 1.95. The van der Waals surface area contributed by atoms with E-state index in [1.54, 1.807) is 18.2 Å². The van der Waals surface area contributed by atoms with Crippen LogP contribution >= 0.6 is 0 Å². The molecule has 0 spiro atoms. The Morgan fingerprint density at radius 1 is 1.00 bits per heavy atom. The van der Waals surface area contributed by atoms with Gasteiger partial charge in [0.1, 0.15) is 0 Å². The molecule has 0 saturated carbocycles. The van der Waals surface area contributed by atoms with Crippen LogP contribution in [0.1, 0.15) is 32.8 Å². The van der Waals surface area contributed by atoms with Gasteiger partial charge in [-0.15, -0.1) is 0 Å². The molecule has 1 aromatic rings. The highest BCUT2D eigenvalue weighted by Gasteiger charge is 2.35. The topological polar surface area (TPSA) is 0 Å². The summed E-state index contributed by atoms with van der Waals surface area (Å²) >= 11 is 0. The average Bonchev–Trinajstić information content (AvgIpc) is 2.01. The molecule has 0 aliphatic rings. The minimum Gasteiger partial charge on any atom is -0.201 e. The number of halogens is 2. The second kappa shape index (κ2) is 3.68. The molecular weight excluding hydrogens is 182 g/mol. The predicted molar refractivity (Wildman–Crippen MR) is 54.4 cm³/mol. The van der Waals surface area contributed by atoms with Gasteiger partial charge in [-0.05, 0) is 5.41 Å². The molecule has 0 aliphatic heterocycles. The van der Waals surface area contributed by atoms with Crippen molar-refractivity contribution >= 4 is 0 Å². The Kier molecular flexibility index (Phi) is 2.93. The van der Waals surface area contributed by atoms with Gasteiger partial charge in [-0.1, -0.05) is 51.1 Å². The molecule has 0 saturated heterocycles. The summed E-state index contributed by atoms with van der Waals surface area (Å²) in [5.74, 6) is -2.72. The average molecular weight is 198 g/mol. The van der Waals surface area contributed by atoms with Gasteiger partial charge in [0.05, 0.1) is 0 Å². The van der Waals surface area contributed by atoms with Crippen LogP contribution in [0.2, 0.25) is 0 Å². The fraction of sp³-hybridized carbons (Fsp3) is 0.500. The molecule has 0 amide bonds. The van der Waals surface area contributed by atoms with E-state index in [2.05, 4.69) is 0 Å². The van der Waals surface area contributed by atoms with Gasteiger partial charge in [-0.25, -0.2) is 8.78 Å². The maximum atomic E-state index is 13.7. The Balaban J connectivity index is 2.86. The zero-order chi connectivity index (χ0) is 10.8. The molecule has 0 aliphatic carbocycles. The van der Waals surface area contributed by atoms with Crippen LogP contribution in [0.15, 0.2) is 30.3 Å². The third kappa shape index (κ3) is 3.09. The second-order valence-electron chi connectivity index (χ2n) is 4.81. The molecular formula is C12H16F2. The van der Waals surface area contributed by atoms with Crippen LogP contribution in [0, 0.1) is 5.41 Å². The molecule has 0 aromatic heterocycles. The van der Waals surface area contributed by atoms with Crippen LogP contribution in [-0.4, -0.2) is 0 Å². The fourth-order valence-electron chi connectivity index (χ4n) is 1.45. The highest BCUT2D eigenvalue weighted by molar-refractivity contribution is 5.20. The Hall–Kier alpha value is -0.920. The van der Waals surface area contributed by atoms with Gasteiger partial charge in [-0.3, -0.25) is 0 Å². The first kappa shape index (κ1) is 11.2. The van der Waals surface area contributed by atoms with E-state index in [9.17, 15) is 8.78 Å². The molecule has 0 atom stereocenters. The SMILES string of the molecule is CC(C)(C)CC(F)(F)c1ccccc1. The van der Waals surface area contributed by atoms with Crippen LogP contribution in [0.3, 0.4) is 0 Å². The molecule has 1 rings (SSSR count). The van der Waals surface area contributed by atoms with Gasteiger partial charge in [0, 0.05) is 12.0 Å². The van der Waals surface area contributed by atoms with Crippen LogP contribution in [0.25, 0.3) is 0 Å². The lowest BCUT2D eigenvalue weighted by Crippen LogP contribution is -2.21. The van der Waals surface area contributed by atoms with Crippen molar-refractivity contribution in [2.45, 2.75) is 33.1 Å². The maximum absolute atomic E-state index is 13.7. The minimum absolute atomic E-state index is 0.106. The third-order valence-electron chi connectivity index (χ3n) is 1.95. The highest BCUT2D eigenvalue weighted by Crippen LogP contribution is 2.39. The molecule has 0 unspecified atom stereocenters. The highest BCUT2D eigenvalue weighted by atomic mass is 19.3. The van der Waals surface area contributed by atoms with E-state index in [-0.39, 0.29) is 17.4 Å². The summed E-state index contributed by atoms with van der Waals surface area (Å²) in [5, 5.41) is 0. The van der Waals surface area contributed by atoms with Crippen LogP contribution in [0.4, 0.5) is 8.78 Å². The van der Waals surface area contributed by atoms with Crippen molar-refractivity contribution in [2.24, 2.45) is 5.41 Å². The number of rotatable bonds is 2. The number of benzene rings is 1. The Morgan fingerprint density at radius 2 is 1.50 bits per heavy atom. The first-order valence-corrected chi connectivity index (χ1v) is 4.75. The van der Waals surface area contributed by atoms with Crippen LogP contribution in [-0.2, 0) is 5.92 Å². The van der Waals surface area contributed by atoms with Gasteiger partial charge >= 0.3 is 0 Å². The quantitative estimate of drug-likeness (QED) is 0.667. The van der Waals surface area contributed by atoms with E-state index in [1.165, 1.54) is 12.1 Å². The van der Waals surface area contributed by atoms with Gasteiger partial charge in [0.25, 0.3) is 5.92 Å². The van der Waals surface area contributed by atoms with Crippen molar-refractivity contribution in [1.29, 1.82) is 0 Å². The Labute approximate surface area is 84.0 Å². The largest absolute Gasteiger partial charge is 0.273 e. The first-order chi connectivity index (χ1) is 6.31. The molecule has 0 radical (unpaired) electrons. The predicted octanol–water partition coefficient (Wildman–Crippen LogP) is 4.21. The second-order valence-corrected chi connectivity index (χ2v) is 4.81. The molecule has 0 bridgehead atoms. The summed E-state index contributed by atoms with van der Waals surface area (Å²) in [5.41, 5.74) is -0.255. The van der Waals surface area contributed by atoms with Crippen molar-refractivity contribution in [1.82, 2.24) is 0 Å². The smallest absolute Gasteiger partial charge is 0.201 e. The van der Waals surface area contributed by atoms with Gasteiger partial charge in [0.2, 0.25) is 0 Å². The van der Waals surface area contributed by atoms with Crippen molar-refractivity contribution < 1.29 is 8.78 Å². The number of hydrogen-bond acceptors (Lipinski definition) is 0. The van der Waals surface area contributed by atoms with Crippen molar-refractivity contribution in [2.75, 3.05) is 0 Å². The van der Waals surface area contributed by atoms with E-state index in [4.69, 9.17) is 0 Å². The summed E-state index contributed by atoms with van der Waals surface area (Å²) in [6.07, 6.45) is -0.121. The zero-order valence-corrected chi connectivity index (χ0v) is 8.85. The van der Waals surface area contributed by atoms with E-state index < -0.39 is 5.92 Å². The standard InChI is InChI=1S/C12H16F2/c1-11(2,3)9-12(13,14)10-7-5-4-6-8-10/h4-8H,9H2,1-3H3. The Bertz CT molecular complexity index is 283. The number of hydrogen-bond donors (Lipinski definition) is 0. The zero-order valence-electron chi connectivity index (χ0n) is 8.85. The van der Waals surface area contributed by atoms with E-state index >= 15 is 0 Å². The summed E-state index contributed by atoms with van der Waals surface area (Å²) in [7, 11) is 0. The molecule has 0 heterocycles. The van der Waals surface area contributed by atoms with Crippen molar-refractivity contribution in [3.8, 4) is 0 Å². The lowest BCUT2D eigenvalue weighted by molar-refractivity contribution is -0.0417. The molecule has 0 fully saturated rings. The van der Waals surface area contributed by atoms with Gasteiger partial charge in [-0.2, -0.15) is 0 Å². The lowest BCUT2D eigenvalue weighted by Gasteiger charge is -2.25. The minimum atomic E-state index is -2.72. The molecule has 0 nitrogen and oxygen atoms in total. The van der Waals surface area contributed by atoms with Gasteiger partial charge < -0.3 is 0 Å². The monoisotopic (exact) mass is 198 g/mol. The number of alkyl halides is 2. The van der Waals surface area contributed by atoms with Crippen LogP contribution < -0.4 is 0 Å². The summed E-state index contributed by atoms with van der Waals surface area (Å²) in [6, 6.07) is 7.99. The maximum Gasteiger partial charge on any atom is 0.273 e. The van der Waals surface area contributed by atoms with Gasteiger partial charge in [0.15, 0.2) is 0 Å².